The first-order chi connectivity index (χ1) is 14.6. The zero-order valence-electron chi connectivity index (χ0n) is 18.1. The van der Waals surface area contributed by atoms with E-state index in [-0.39, 0.29) is 24.2 Å². The summed E-state index contributed by atoms with van der Waals surface area (Å²) in [5.41, 5.74) is 1.29. The maximum absolute atomic E-state index is 12.4. The van der Waals surface area contributed by atoms with E-state index in [4.69, 9.17) is 4.74 Å². The van der Waals surface area contributed by atoms with Crippen LogP contribution in [0.4, 0.5) is 10.7 Å². The van der Waals surface area contributed by atoms with E-state index in [9.17, 15) is 19.2 Å². The van der Waals surface area contributed by atoms with Gasteiger partial charge in [-0.1, -0.05) is 20.8 Å². The number of hydrogen-bond donors (Lipinski definition) is 1. The fourth-order valence-electron chi connectivity index (χ4n) is 3.07. The Morgan fingerprint density at radius 3 is 2.42 bits per heavy atom. The van der Waals surface area contributed by atoms with Crippen LogP contribution in [0.2, 0.25) is 0 Å². The monoisotopic (exact) mass is 442 g/mol. The van der Waals surface area contributed by atoms with E-state index in [1.54, 1.807) is 62.9 Å². The van der Waals surface area contributed by atoms with Gasteiger partial charge in [-0.3, -0.25) is 14.4 Å². The van der Waals surface area contributed by atoms with Gasteiger partial charge in [-0.15, -0.1) is 11.3 Å². The molecule has 0 aliphatic carbocycles. The summed E-state index contributed by atoms with van der Waals surface area (Å²) >= 11 is 1.12. The number of rotatable bonds is 6. The van der Waals surface area contributed by atoms with E-state index >= 15 is 0 Å². The molecule has 2 aromatic rings. The van der Waals surface area contributed by atoms with Crippen LogP contribution in [0.25, 0.3) is 0 Å². The highest BCUT2D eigenvalue weighted by molar-refractivity contribution is 7.18. The third-order valence-electron chi connectivity index (χ3n) is 4.93. The highest BCUT2D eigenvalue weighted by Crippen LogP contribution is 2.29. The Kier molecular flexibility index (Phi) is 6.59. The summed E-state index contributed by atoms with van der Waals surface area (Å²) in [6, 6.07) is 8.43. The van der Waals surface area contributed by atoms with E-state index in [0.29, 0.717) is 34.0 Å². The normalized spacial score (nSPS) is 13.9. The first kappa shape index (κ1) is 22.7. The van der Waals surface area contributed by atoms with Crippen LogP contribution in [0.3, 0.4) is 0 Å². The molecule has 0 saturated carbocycles. The van der Waals surface area contributed by atoms with Crippen molar-refractivity contribution in [2.24, 2.45) is 5.41 Å². The molecule has 1 aliphatic rings. The lowest BCUT2D eigenvalue weighted by molar-refractivity contribution is -0.123. The van der Waals surface area contributed by atoms with Gasteiger partial charge >= 0.3 is 5.97 Å². The van der Waals surface area contributed by atoms with E-state index in [2.05, 4.69) is 5.32 Å². The summed E-state index contributed by atoms with van der Waals surface area (Å²) in [4.78, 5) is 50.9. The fraction of sp³-hybridized carbons (Fsp3) is 0.391. The van der Waals surface area contributed by atoms with E-state index < -0.39 is 11.4 Å². The summed E-state index contributed by atoms with van der Waals surface area (Å²) in [6.45, 7) is 7.46. The maximum Gasteiger partial charge on any atom is 0.349 e. The molecular weight excluding hydrogens is 416 g/mol. The number of nitrogens with zero attached hydrogens (tertiary/aromatic N) is 1. The first-order valence-electron chi connectivity index (χ1n) is 10.1. The van der Waals surface area contributed by atoms with Gasteiger partial charge in [0.2, 0.25) is 11.8 Å². The molecular formula is C23H26N2O5S. The number of benzene rings is 1. The van der Waals surface area contributed by atoms with Crippen molar-refractivity contribution >= 4 is 45.6 Å². The molecule has 164 valence electrons. The van der Waals surface area contributed by atoms with E-state index in [1.165, 1.54) is 0 Å². The summed E-state index contributed by atoms with van der Waals surface area (Å²) in [5, 5.41) is 3.36. The Bertz CT molecular complexity index is 1020. The molecule has 1 saturated heterocycles. The number of ether oxygens (including phenoxy) is 1. The molecule has 3 rings (SSSR count). The molecule has 1 N–H and O–H groups in total. The average Bonchev–Trinajstić information content (AvgIpc) is 3.30. The number of anilines is 2. The quantitative estimate of drug-likeness (QED) is 0.534. The third kappa shape index (κ3) is 5.38. The Hall–Kier alpha value is -3.00. The van der Waals surface area contributed by atoms with Gasteiger partial charge < -0.3 is 15.0 Å². The molecule has 0 spiro atoms. The molecule has 2 amide bonds. The first-order valence-corrected chi connectivity index (χ1v) is 10.9. The van der Waals surface area contributed by atoms with Crippen LogP contribution in [0, 0.1) is 12.3 Å². The summed E-state index contributed by atoms with van der Waals surface area (Å²) in [6.07, 6.45) is 1.37. The molecule has 0 radical (unpaired) electrons. The molecule has 2 heterocycles. The number of ketones is 1. The number of nitrogens with one attached hydrogen (secondary N) is 1. The third-order valence-corrected chi connectivity index (χ3v) is 6.06. The standard InChI is InChI=1S/C23H26N2O5S/c1-14-12-18(24-22(29)23(2,3)4)31-20(14)21(28)30-13-17(26)15-7-9-16(10-8-15)25-11-5-6-19(25)27/h7-10,12H,5-6,11,13H2,1-4H3,(H,24,29). The molecule has 1 aliphatic heterocycles. The Labute approximate surface area is 185 Å². The van der Waals surface area contributed by atoms with Crippen molar-refractivity contribution in [3.05, 3.63) is 46.3 Å². The predicted molar refractivity (Wildman–Crippen MR) is 120 cm³/mol. The van der Waals surface area contributed by atoms with Gasteiger partial charge in [0.25, 0.3) is 0 Å². The van der Waals surface area contributed by atoms with Crippen LogP contribution < -0.4 is 10.2 Å². The highest BCUT2D eigenvalue weighted by atomic mass is 32.1. The fourth-order valence-corrected chi connectivity index (χ4v) is 4.04. The lowest BCUT2D eigenvalue weighted by atomic mass is 9.96. The van der Waals surface area contributed by atoms with Gasteiger partial charge in [0.1, 0.15) is 4.88 Å². The molecule has 0 bridgehead atoms. The summed E-state index contributed by atoms with van der Waals surface area (Å²) < 4.78 is 5.20. The number of Topliss-reactive ketones (excluding diaryl/α,β-unsaturated/α-hetero) is 1. The van der Waals surface area contributed by atoms with Crippen molar-refractivity contribution < 1.29 is 23.9 Å². The Morgan fingerprint density at radius 1 is 1.16 bits per heavy atom. The van der Waals surface area contributed by atoms with Crippen molar-refractivity contribution in [1.82, 2.24) is 0 Å². The van der Waals surface area contributed by atoms with Gasteiger partial charge in [0, 0.05) is 29.6 Å². The van der Waals surface area contributed by atoms with E-state index in [1.807, 2.05) is 0 Å². The molecule has 1 aromatic heterocycles. The van der Waals surface area contributed by atoms with Crippen LogP contribution in [-0.4, -0.2) is 36.7 Å². The zero-order valence-corrected chi connectivity index (χ0v) is 18.9. The Balaban J connectivity index is 1.58. The number of esters is 1. The number of hydrogen-bond acceptors (Lipinski definition) is 6. The van der Waals surface area contributed by atoms with Crippen LogP contribution in [0.1, 0.15) is 59.2 Å². The molecule has 1 fully saturated rings. The average molecular weight is 443 g/mol. The molecule has 31 heavy (non-hydrogen) atoms. The molecule has 8 heteroatoms. The Morgan fingerprint density at radius 2 is 1.84 bits per heavy atom. The van der Waals surface area contributed by atoms with Crippen LogP contribution in [0.15, 0.2) is 30.3 Å². The lowest BCUT2D eigenvalue weighted by Gasteiger charge is -2.16. The molecule has 0 unspecified atom stereocenters. The van der Waals surface area contributed by atoms with E-state index in [0.717, 1.165) is 23.4 Å². The van der Waals surface area contributed by atoms with Crippen molar-refractivity contribution in [3.63, 3.8) is 0 Å². The summed E-state index contributed by atoms with van der Waals surface area (Å²) in [5.74, 6) is -1.00. The number of carbonyl (C=O) groups excluding carboxylic acids is 4. The second kappa shape index (κ2) is 9.01. The number of thiophene rings is 1. The second-order valence-corrected chi connectivity index (χ2v) is 9.57. The maximum atomic E-state index is 12.4. The van der Waals surface area contributed by atoms with Crippen LogP contribution in [-0.2, 0) is 14.3 Å². The van der Waals surface area contributed by atoms with Crippen molar-refractivity contribution in [3.8, 4) is 0 Å². The second-order valence-electron chi connectivity index (χ2n) is 8.52. The lowest BCUT2D eigenvalue weighted by Crippen LogP contribution is -2.27. The smallest absolute Gasteiger partial charge is 0.349 e. The largest absolute Gasteiger partial charge is 0.453 e. The number of amides is 2. The van der Waals surface area contributed by atoms with Crippen LogP contribution in [0.5, 0.6) is 0 Å². The highest BCUT2D eigenvalue weighted by Gasteiger charge is 2.24. The topological polar surface area (TPSA) is 92.8 Å². The summed E-state index contributed by atoms with van der Waals surface area (Å²) in [7, 11) is 0. The zero-order chi connectivity index (χ0) is 22.8. The minimum Gasteiger partial charge on any atom is -0.453 e. The SMILES string of the molecule is Cc1cc(NC(=O)C(C)(C)C)sc1C(=O)OCC(=O)c1ccc(N2CCCC2=O)cc1. The van der Waals surface area contributed by atoms with Crippen molar-refractivity contribution in [2.45, 2.75) is 40.5 Å². The van der Waals surface area contributed by atoms with Gasteiger partial charge in [0.05, 0.1) is 5.00 Å². The van der Waals surface area contributed by atoms with Crippen molar-refractivity contribution in [2.75, 3.05) is 23.4 Å². The molecule has 0 atom stereocenters. The number of aryl methyl sites for hydroxylation is 1. The van der Waals surface area contributed by atoms with Crippen LogP contribution >= 0.6 is 11.3 Å². The van der Waals surface area contributed by atoms with Gasteiger partial charge in [-0.2, -0.15) is 0 Å². The minimum absolute atomic E-state index is 0.0809. The van der Waals surface area contributed by atoms with Gasteiger partial charge in [-0.05, 0) is 49.2 Å². The van der Waals surface area contributed by atoms with Gasteiger partial charge in [-0.25, -0.2) is 4.79 Å². The number of carbonyl (C=O) groups is 4. The molecule has 1 aromatic carbocycles. The minimum atomic E-state index is -0.605. The van der Waals surface area contributed by atoms with Gasteiger partial charge in [0.15, 0.2) is 12.4 Å². The predicted octanol–water partition coefficient (Wildman–Crippen LogP) is 4.21. The molecule has 7 nitrogen and oxygen atoms in total. The van der Waals surface area contributed by atoms with Crippen molar-refractivity contribution in [1.29, 1.82) is 0 Å².